The van der Waals surface area contributed by atoms with Crippen molar-refractivity contribution in [1.82, 2.24) is 14.6 Å². The van der Waals surface area contributed by atoms with Crippen LogP contribution in [0.3, 0.4) is 0 Å². The number of ether oxygens (including phenoxy) is 1. The van der Waals surface area contributed by atoms with Crippen LogP contribution in [0.1, 0.15) is 18.2 Å². The Kier molecular flexibility index (Phi) is 4.11. The molecule has 1 fully saturated rings. The van der Waals surface area contributed by atoms with E-state index in [1.807, 2.05) is 0 Å². The highest BCUT2D eigenvalue weighted by Crippen LogP contribution is 2.30. The third-order valence-corrected chi connectivity index (χ3v) is 3.38. The Labute approximate surface area is 118 Å². The number of aliphatic hydroxyl groups is 1. The first-order chi connectivity index (χ1) is 9.85. The van der Waals surface area contributed by atoms with Gasteiger partial charge in [-0.15, -0.1) is 0 Å². The number of rotatable bonds is 3. The molecule has 3 atom stereocenters. The van der Waals surface area contributed by atoms with Crippen LogP contribution in [0, 0.1) is 6.92 Å². The zero-order valence-electron chi connectivity index (χ0n) is 11.2. The monoisotopic (exact) mass is 300 g/mol. The van der Waals surface area contributed by atoms with Gasteiger partial charge in [0.25, 0.3) is 5.56 Å². The highest BCUT2D eigenvalue weighted by atomic mass is 16.6. The van der Waals surface area contributed by atoms with Crippen molar-refractivity contribution in [2.24, 2.45) is 5.73 Å². The van der Waals surface area contributed by atoms with Gasteiger partial charge in [0.2, 0.25) is 0 Å². The summed E-state index contributed by atoms with van der Waals surface area (Å²) in [4.78, 5) is 36.2. The van der Waals surface area contributed by atoms with Crippen LogP contribution in [-0.2, 0) is 4.74 Å². The molecular weight excluding hydrogens is 284 g/mol. The maximum Gasteiger partial charge on any atom is 0.338 e. The molecule has 10 nitrogen and oxygen atoms in total. The highest BCUT2D eigenvalue weighted by Gasteiger charge is 2.41. The maximum atomic E-state index is 11.8. The molecule has 1 aliphatic heterocycles. The van der Waals surface area contributed by atoms with Crippen LogP contribution >= 0.6 is 0 Å². The van der Waals surface area contributed by atoms with E-state index in [0.29, 0.717) is 5.56 Å². The third-order valence-electron chi connectivity index (χ3n) is 3.38. The topological polar surface area (TPSA) is 151 Å². The number of nitrogens with zero attached hydrogens (tertiary/aromatic N) is 2. The standard InChI is InChI=1S/C11H16N4O6/c1-5-3-14(11(19)13-9(5)17)8-2-6(7(4-16)21-8)15(20)10(12)18/h3,6-8,16,20H,2,4H2,1H3,(H2,12,18)(H,13,17,19)/t6?,7-,8-/m1/s1. The fourth-order valence-corrected chi connectivity index (χ4v) is 2.27. The smallest absolute Gasteiger partial charge is 0.338 e. The summed E-state index contributed by atoms with van der Waals surface area (Å²) in [6, 6.07) is -1.98. The van der Waals surface area contributed by atoms with Crippen LogP contribution in [0.15, 0.2) is 15.8 Å². The molecule has 2 rings (SSSR count). The van der Waals surface area contributed by atoms with Gasteiger partial charge in [0.15, 0.2) is 0 Å². The lowest BCUT2D eigenvalue weighted by atomic mass is 10.1. The third kappa shape index (κ3) is 2.82. The number of hydrogen-bond donors (Lipinski definition) is 4. The number of aromatic amines is 1. The summed E-state index contributed by atoms with van der Waals surface area (Å²) >= 11 is 0. The van der Waals surface area contributed by atoms with E-state index < -0.39 is 42.3 Å². The zero-order chi connectivity index (χ0) is 15.7. The minimum Gasteiger partial charge on any atom is -0.394 e. The number of aliphatic hydroxyl groups excluding tert-OH is 1. The molecule has 0 aromatic carbocycles. The van der Waals surface area contributed by atoms with Crippen molar-refractivity contribution in [1.29, 1.82) is 0 Å². The summed E-state index contributed by atoms with van der Waals surface area (Å²) in [5, 5.41) is 19.1. The Bertz CT molecular complexity index is 653. The van der Waals surface area contributed by atoms with Gasteiger partial charge in [-0.3, -0.25) is 19.6 Å². The lowest BCUT2D eigenvalue weighted by Gasteiger charge is -2.22. The van der Waals surface area contributed by atoms with E-state index in [2.05, 4.69) is 4.98 Å². The molecule has 2 heterocycles. The zero-order valence-corrected chi connectivity index (χ0v) is 11.2. The number of urea groups is 1. The predicted octanol–water partition coefficient (Wildman–Crippen LogP) is -1.74. The summed E-state index contributed by atoms with van der Waals surface area (Å²) in [6.07, 6.45) is -0.388. The Hall–Kier alpha value is -2.17. The molecule has 5 N–H and O–H groups in total. The fourth-order valence-electron chi connectivity index (χ4n) is 2.27. The molecule has 0 aliphatic carbocycles. The van der Waals surface area contributed by atoms with Crippen LogP contribution in [0.5, 0.6) is 0 Å². The van der Waals surface area contributed by atoms with Gasteiger partial charge in [0, 0.05) is 18.2 Å². The SMILES string of the molecule is Cc1cn([C@H]2CC(N(O)C(N)=O)[C@@H](CO)O2)c(=O)[nH]c1=O. The van der Waals surface area contributed by atoms with E-state index in [-0.39, 0.29) is 11.5 Å². The molecule has 0 spiro atoms. The number of nitrogens with one attached hydrogen (secondary N) is 1. The lowest BCUT2D eigenvalue weighted by molar-refractivity contribution is -0.106. The quantitative estimate of drug-likeness (QED) is 0.384. The van der Waals surface area contributed by atoms with Gasteiger partial charge in [-0.1, -0.05) is 0 Å². The number of carbonyl (C=O) groups excluding carboxylic acids is 1. The van der Waals surface area contributed by atoms with E-state index in [4.69, 9.17) is 10.5 Å². The first kappa shape index (κ1) is 15.2. The average molecular weight is 300 g/mol. The van der Waals surface area contributed by atoms with Crippen LogP contribution in [0.4, 0.5) is 4.79 Å². The number of aromatic nitrogens is 2. The number of H-pyrrole nitrogens is 1. The second-order valence-electron chi connectivity index (χ2n) is 4.78. The largest absolute Gasteiger partial charge is 0.394 e. The molecule has 1 aromatic rings. The van der Waals surface area contributed by atoms with Crippen molar-refractivity contribution in [3.05, 3.63) is 32.6 Å². The normalized spacial score (nSPS) is 25.0. The molecular formula is C11H16N4O6. The number of amides is 2. The average Bonchev–Trinajstić information content (AvgIpc) is 2.85. The van der Waals surface area contributed by atoms with Crippen molar-refractivity contribution in [2.45, 2.75) is 31.7 Å². The van der Waals surface area contributed by atoms with Gasteiger partial charge in [-0.25, -0.2) is 14.7 Å². The van der Waals surface area contributed by atoms with Gasteiger partial charge >= 0.3 is 11.7 Å². The molecule has 0 saturated carbocycles. The van der Waals surface area contributed by atoms with Crippen molar-refractivity contribution >= 4 is 6.03 Å². The Morgan fingerprint density at radius 2 is 2.29 bits per heavy atom. The van der Waals surface area contributed by atoms with Crippen molar-refractivity contribution < 1.29 is 19.8 Å². The summed E-state index contributed by atoms with van der Waals surface area (Å²) in [5.41, 5.74) is 4.09. The maximum absolute atomic E-state index is 11.8. The summed E-state index contributed by atoms with van der Waals surface area (Å²) < 4.78 is 6.57. The molecule has 10 heteroatoms. The molecule has 0 radical (unpaired) electrons. The second-order valence-corrected chi connectivity index (χ2v) is 4.78. The van der Waals surface area contributed by atoms with Gasteiger partial charge in [-0.05, 0) is 6.92 Å². The van der Waals surface area contributed by atoms with Crippen LogP contribution < -0.4 is 17.0 Å². The van der Waals surface area contributed by atoms with E-state index in [9.17, 15) is 24.7 Å². The minimum atomic E-state index is -1.09. The van der Waals surface area contributed by atoms with Crippen LogP contribution in [0.2, 0.25) is 0 Å². The highest BCUT2D eigenvalue weighted by molar-refractivity contribution is 5.71. The molecule has 1 aromatic heterocycles. The van der Waals surface area contributed by atoms with E-state index in [1.165, 1.54) is 13.1 Å². The van der Waals surface area contributed by atoms with E-state index in [0.717, 1.165) is 4.57 Å². The molecule has 116 valence electrons. The lowest BCUT2D eigenvalue weighted by Crippen LogP contribution is -2.46. The molecule has 2 amide bonds. The Morgan fingerprint density at radius 1 is 1.62 bits per heavy atom. The van der Waals surface area contributed by atoms with Gasteiger partial charge in [0.1, 0.15) is 12.3 Å². The predicted molar refractivity (Wildman–Crippen MR) is 68.7 cm³/mol. The molecule has 1 unspecified atom stereocenters. The number of primary amides is 1. The first-order valence-corrected chi connectivity index (χ1v) is 6.21. The van der Waals surface area contributed by atoms with Gasteiger partial charge in [0.05, 0.1) is 12.6 Å². The van der Waals surface area contributed by atoms with Crippen molar-refractivity contribution in [3.63, 3.8) is 0 Å². The minimum absolute atomic E-state index is 0.0378. The molecule has 1 saturated heterocycles. The van der Waals surface area contributed by atoms with Gasteiger partial charge < -0.3 is 15.6 Å². The first-order valence-electron chi connectivity index (χ1n) is 6.21. The van der Waals surface area contributed by atoms with Gasteiger partial charge in [-0.2, -0.15) is 0 Å². The number of nitrogens with two attached hydrogens (primary N) is 1. The second kappa shape index (κ2) is 5.68. The molecule has 1 aliphatic rings. The number of aryl methyl sites for hydroxylation is 1. The number of carbonyl (C=O) groups is 1. The Morgan fingerprint density at radius 3 is 2.86 bits per heavy atom. The number of hydrogen-bond acceptors (Lipinski definition) is 6. The van der Waals surface area contributed by atoms with Crippen LogP contribution in [-0.4, -0.2) is 49.7 Å². The van der Waals surface area contributed by atoms with Crippen molar-refractivity contribution in [2.75, 3.05) is 6.61 Å². The summed E-state index contributed by atoms with van der Waals surface area (Å²) in [5.74, 6) is 0. The van der Waals surface area contributed by atoms with Crippen molar-refractivity contribution in [3.8, 4) is 0 Å². The van der Waals surface area contributed by atoms with E-state index >= 15 is 0 Å². The van der Waals surface area contributed by atoms with E-state index in [1.54, 1.807) is 0 Å². The fraction of sp³-hybridized carbons (Fsp3) is 0.545. The summed E-state index contributed by atoms with van der Waals surface area (Å²) in [6.45, 7) is 1.05. The van der Waals surface area contributed by atoms with Crippen LogP contribution in [0.25, 0.3) is 0 Å². The number of hydroxylamine groups is 2. The molecule has 21 heavy (non-hydrogen) atoms. The Balaban J connectivity index is 2.32. The molecule has 0 bridgehead atoms. The summed E-state index contributed by atoms with van der Waals surface area (Å²) in [7, 11) is 0.